The number of hydrogen-bond acceptors (Lipinski definition) is 7. The lowest BCUT2D eigenvalue weighted by Crippen LogP contribution is -2.12. The molecule has 0 saturated carbocycles. The summed E-state index contributed by atoms with van der Waals surface area (Å²) < 4.78 is 15.9. The quantitative estimate of drug-likeness (QED) is 0.730. The van der Waals surface area contributed by atoms with Gasteiger partial charge in [-0.15, -0.1) is 11.3 Å². The summed E-state index contributed by atoms with van der Waals surface area (Å²) in [7, 11) is 0. The molecule has 2 aromatic heterocycles. The highest BCUT2D eigenvalue weighted by Gasteiger charge is 2.21. The van der Waals surface area contributed by atoms with Gasteiger partial charge in [-0.3, -0.25) is 4.79 Å². The summed E-state index contributed by atoms with van der Waals surface area (Å²) in [6.45, 7) is 4.11. The molecule has 0 bridgehead atoms. The van der Waals surface area contributed by atoms with Gasteiger partial charge in [0.1, 0.15) is 11.1 Å². The van der Waals surface area contributed by atoms with Gasteiger partial charge in [0, 0.05) is 16.5 Å². The zero-order valence-corrected chi connectivity index (χ0v) is 15.5. The average molecular weight is 381 g/mol. The Labute approximate surface area is 159 Å². The van der Waals surface area contributed by atoms with Gasteiger partial charge in [0.25, 0.3) is 5.91 Å². The Kier molecular flexibility index (Phi) is 4.30. The average Bonchev–Trinajstić information content (AvgIpc) is 3.39. The van der Waals surface area contributed by atoms with E-state index in [-0.39, 0.29) is 12.5 Å². The fourth-order valence-electron chi connectivity index (χ4n) is 2.95. The monoisotopic (exact) mass is 381 g/mol. The number of nitrogens with one attached hydrogen (secondary N) is 1. The lowest BCUT2D eigenvalue weighted by Gasteiger charge is -2.00. The van der Waals surface area contributed by atoms with Crippen LogP contribution in [-0.4, -0.2) is 17.9 Å². The fraction of sp³-hybridized carbons (Fsp3) is 0.211. The predicted molar refractivity (Wildman–Crippen MR) is 99.2 cm³/mol. The highest BCUT2D eigenvalue weighted by molar-refractivity contribution is 7.16. The third-order valence-electron chi connectivity index (χ3n) is 4.30. The SMILES string of the molecule is CCc1c(C)sc(NC(=O)c2cc(-c3ccc4c(c3)OCO4)on2)c1C#N. The molecule has 0 aliphatic carbocycles. The van der Waals surface area contributed by atoms with Gasteiger partial charge < -0.3 is 19.3 Å². The molecular weight excluding hydrogens is 366 g/mol. The first-order chi connectivity index (χ1) is 13.1. The van der Waals surface area contributed by atoms with Gasteiger partial charge in [-0.1, -0.05) is 12.1 Å². The van der Waals surface area contributed by atoms with Crippen LogP contribution in [0.5, 0.6) is 11.5 Å². The summed E-state index contributed by atoms with van der Waals surface area (Å²) in [6, 6.07) is 9.08. The van der Waals surface area contributed by atoms with Crippen molar-refractivity contribution in [2.75, 3.05) is 12.1 Å². The van der Waals surface area contributed by atoms with E-state index in [1.165, 1.54) is 11.3 Å². The number of aryl methyl sites for hydroxylation is 1. The molecule has 0 spiro atoms. The summed E-state index contributed by atoms with van der Waals surface area (Å²) in [6.07, 6.45) is 0.735. The van der Waals surface area contributed by atoms with Gasteiger partial charge in [-0.05, 0) is 37.1 Å². The fourth-order valence-corrected chi connectivity index (χ4v) is 4.04. The van der Waals surface area contributed by atoms with Crippen molar-refractivity contribution in [2.45, 2.75) is 20.3 Å². The molecule has 3 aromatic rings. The number of nitriles is 1. The van der Waals surface area contributed by atoms with E-state index >= 15 is 0 Å². The van der Waals surface area contributed by atoms with Crippen LogP contribution in [0.15, 0.2) is 28.8 Å². The zero-order chi connectivity index (χ0) is 19.0. The van der Waals surface area contributed by atoms with E-state index in [4.69, 9.17) is 14.0 Å². The molecular formula is C19H15N3O4S. The van der Waals surface area contributed by atoms with E-state index < -0.39 is 5.91 Å². The van der Waals surface area contributed by atoms with Crippen LogP contribution in [0.3, 0.4) is 0 Å². The first-order valence-electron chi connectivity index (χ1n) is 8.31. The Morgan fingerprint density at radius 2 is 2.15 bits per heavy atom. The molecule has 1 N–H and O–H groups in total. The molecule has 27 heavy (non-hydrogen) atoms. The second kappa shape index (κ2) is 6.78. The van der Waals surface area contributed by atoms with Crippen molar-refractivity contribution in [3.8, 4) is 28.9 Å². The van der Waals surface area contributed by atoms with E-state index in [9.17, 15) is 10.1 Å². The lowest BCUT2D eigenvalue weighted by molar-refractivity contribution is 0.101. The standard InChI is InChI=1S/C19H15N3O4S/c1-3-12-10(2)27-19(13(12)8-20)21-18(23)14-7-16(26-22-14)11-4-5-15-17(6-11)25-9-24-15/h4-7H,3,9H2,1-2H3,(H,21,23). The number of ether oxygens (including phenoxy) is 2. The molecule has 0 unspecified atom stereocenters. The molecule has 0 saturated heterocycles. The third kappa shape index (κ3) is 3.02. The Bertz CT molecular complexity index is 1080. The molecule has 1 aromatic carbocycles. The number of carbonyl (C=O) groups is 1. The van der Waals surface area contributed by atoms with Crippen molar-refractivity contribution in [3.05, 3.63) is 46.0 Å². The minimum atomic E-state index is -0.425. The second-order valence-corrected chi connectivity index (χ2v) is 7.13. The van der Waals surface area contributed by atoms with E-state index in [2.05, 4.69) is 16.5 Å². The van der Waals surface area contributed by atoms with Crippen LogP contribution in [0.4, 0.5) is 5.00 Å². The number of aromatic nitrogens is 1. The maximum atomic E-state index is 12.5. The summed E-state index contributed by atoms with van der Waals surface area (Å²) in [5.74, 6) is 1.30. The minimum Gasteiger partial charge on any atom is -0.454 e. The second-order valence-electron chi connectivity index (χ2n) is 5.90. The maximum absolute atomic E-state index is 12.5. The van der Waals surface area contributed by atoms with Gasteiger partial charge in [-0.25, -0.2) is 0 Å². The largest absolute Gasteiger partial charge is 0.454 e. The summed E-state index contributed by atoms with van der Waals surface area (Å²) in [5, 5.41) is 16.6. The number of fused-ring (bicyclic) bond motifs is 1. The van der Waals surface area contributed by atoms with Crippen LogP contribution in [-0.2, 0) is 6.42 Å². The van der Waals surface area contributed by atoms with Gasteiger partial charge >= 0.3 is 0 Å². The van der Waals surface area contributed by atoms with Gasteiger partial charge in [0.15, 0.2) is 23.0 Å². The van der Waals surface area contributed by atoms with Crippen LogP contribution >= 0.6 is 11.3 Å². The van der Waals surface area contributed by atoms with Crippen LogP contribution in [0, 0.1) is 18.3 Å². The number of hydrogen-bond donors (Lipinski definition) is 1. The molecule has 7 nitrogen and oxygen atoms in total. The molecule has 8 heteroatoms. The lowest BCUT2D eigenvalue weighted by atomic mass is 10.1. The number of amides is 1. The smallest absolute Gasteiger partial charge is 0.278 e. The van der Waals surface area contributed by atoms with E-state index in [0.29, 0.717) is 27.8 Å². The van der Waals surface area contributed by atoms with Crippen molar-refractivity contribution in [1.82, 2.24) is 5.16 Å². The third-order valence-corrected chi connectivity index (χ3v) is 5.36. The van der Waals surface area contributed by atoms with Crippen molar-refractivity contribution in [2.24, 2.45) is 0 Å². The molecule has 1 aliphatic rings. The summed E-state index contributed by atoms with van der Waals surface area (Å²) in [5.41, 5.74) is 2.33. The molecule has 0 fully saturated rings. The molecule has 0 radical (unpaired) electrons. The van der Waals surface area contributed by atoms with Crippen LogP contribution in [0.25, 0.3) is 11.3 Å². The van der Waals surface area contributed by atoms with Gasteiger partial charge in [0.2, 0.25) is 6.79 Å². The first-order valence-corrected chi connectivity index (χ1v) is 9.12. The maximum Gasteiger partial charge on any atom is 0.278 e. The molecule has 1 aliphatic heterocycles. The summed E-state index contributed by atoms with van der Waals surface area (Å²) >= 11 is 1.39. The molecule has 136 valence electrons. The first kappa shape index (κ1) is 17.1. The van der Waals surface area contributed by atoms with Crippen molar-refractivity contribution in [1.29, 1.82) is 5.26 Å². The number of anilines is 1. The highest BCUT2D eigenvalue weighted by Crippen LogP contribution is 2.36. The zero-order valence-electron chi connectivity index (χ0n) is 14.7. The predicted octanol–water partition coefficient (Wildman–Crippen LogP) is 4.13. The summed E-state index contributed by atoms with van der Waals surface area (Å²) in [4.78, 5) is 13.6. The van der Waals surface area contributed by atoms with E-state index in [1.807, 2.05) is 13.8 Å². The molecule has 1 amide bonds. The Morgan fingerprint density at radius 1 is 1.33 bits per heavy atom. The van der Waals surface area contributed by atoms with E-state index in [1.54, 1.807) is 24.3 Å². The number of nitrogens with zero attached hydrogens (tertiary/aromatic N) is 2. The normalized spacial score (nSPS) is 12.0. The van der Waals surface area contributed by atoms with Crippen LogP contribution < -0.4 is 14.8 Å². The van der Waals surface area contributed by atoms with E-state index in [0.717, 1.165) is 22.4 Å². The Morgan fingerprint density at radius 3 is 2.93 bits per heavy atom. The Balaban J connectivity index is 1.57. The number of rotatable bonds is 4. The van der Waals surface area contributed by atoms with Gasteiger partial charge in [-0.2, -0.15) is 5.26 Å². The molecule has 0 atom stereocenters. The van der Waals surface area contributed by atoms with Crippen LogP contribution in [0.1, 0.15) is 33.4 Å². The van der Waals surface area contributed by atoms with Crippen LogP contribution in [0.2, 0.25) is 0 Å². The number of benzene rings is 1. The highest BCUT2D eigenvalue weighted by atomic mass is 32.1. The van der Waals surface area contributed by atoms with Gasteiger partial charge in [0.05, 0.1) is 5.56 Å². The Hall–Kier alpha value is -3.31. The van der Waals surface area contributed by atoms with Crippen molar-refractivity contribution in [3.63, 3.8) is 0 Å². The minimum absolute atomic E-state index is 0.135. The van der Waals surface area contributed by atoms with Crippen molar-refractivity contribution < 1.29 is 18.8 Å². The number of carbonyl (C=O) groups excluding carboxylic acids is 1. The van der Waals surface area contributed by atoms with Crippen molar-refractivity contribution >= 4 is 22.2 Å². The topological polar surface area (TPSA) is 97.4 Å². The number of thiophene rings is 1. The molecule has 4 rings (SSSR count). The molecule has 3 heterocycles.